The van der Waals surface area contributed by atoms with E-state index >= 15 is 0 Å². The Morgan fingerprint density at radius 3 is 2.84 bits per heavy atom. The zero-order chi connectivity index (χ0) is 13.5. The predicted molar refractivity (Wildman–Crippen MR) is 78.2 cm³/mol. The van der Waals surface area contributed by atoms with Crippen LogP contribution in [-0.2, 0) is 4.79 Å². The highest BCUT2D eigenvalue weighted by Crippen LogP contribution is 2.20. The number of rotatable bonds is 6. The summed E-state index contributed by atoms with van der Waals surface area (Å²) < 4.78 is 0. The number of hydrogen-bond acceptors (Lipinski definition) is 3. The van der Waals surface area contributed by atoms with Crippen LogP contribution in [0, 0.1) is 5.92 Å². The summed E-state index contributed by atoms with van der Waals surface area (Å²) >= 11 is 1.80. The number of benzene rings is 1. The van der Waals surface area contributed by atoms with Crippen LogP contribution in [0.25, 0.3) is 0 Å². The van der Waals surface area contributed by atoms with Crippen LogP contribution in [0.1, 0.15) is 19.3 Å². The van der Waals surface area contributed by atoms with Gasteiger partial charge in [0.05, 0.1) is 0 Å². The number of aliphatic hydroxyl groups excluding tert-OH is 1. The fourth-order valence-corrected chi connectivity index (χ4v) is 3.17. The van der Waals surface area contributed by atoms with Gasteiger partial charge in [0, 0.05) is 36.9 Å². The van der Waals surface area contributed by atoms with E-state index in [4.69, 9.17) is 5.11 Å². The molecule has 1 heterocycles. The molecule has 1 aromatic rings. The van der Waals surface area contributed by atoms with Gasteiger partial charge in [0.15, 0.2) is 0 Å². The summed E-state index contributed by atoms with van der Waals surface area (Å²) in [7, 11) is 0. The standard InChI is InChI=1S/C15H21NO2S/c17-12-13-8-9-16(11-13)15(18)7-4-10-19-14-5-2-1-3-6-14/h1-3,5-6,13,17H,4,7-12H2. The summed E-state index contributed by atoms with van der Waals surface area (Å²) in [4.78, 5) is 15.1. The molecule has 104 valence electrons. The molecule has 0 saturated carbocycles. The van der Waals surface area contributed by atoms with Gasteiger partial charge in [-0.25, -0.2) is 0 Å². The smallest absolute Gasteiger partial charge is 0.222 e. The van der Waals surface area contributed by atoms with E-state index in [0.29, 0.717) is 12.3 Å². The Labute approximate surface area is 119 Å². The zero-order valence-corrected chi connectivity index (χ0v) is 11.9. The Bertz CT molecular complexity index is 396. The monoisotopic (exact) mass is 279 g/mol. The van der Waals surface area contributed by atoms with E-state index in [0.717, 1.165) is 31.7 Å². The third kappa shape index (κ3) is 4.55. The Balaban J connectivity index is 1.62. The van der Waals surface area contributed by atoms with Gasteiger partial charge < -0.3 is 10.0 Å². The highest BCUT2D eigenvalue weighted by atomic mass is 32.2. The minimum Gasteiger partial charge on any atom is -0.396 e. The molecule has 0 aliphatic carbocycles. The van der Waals surface area contributed by atoms with Crippen molar-refractivity contribution >= 4 is 17.7 Å². The van der Waals surface area contributed by atoms with E-state index in [1.165, 1.54) is 4.90 Å². The van der Waals surface area contributed by atoms with Gasteiger partial charge in [-0.2, -0.15) is 0 Å². The van der Waals surface area contributed by atoms with Crippen LogP contribution in [0.15, 0.2) is 35.2 Å². The molecule has 1 N–H and O–H groups in total. The van der Waals surface area contributed by atoms with Gasteiger partial charge in [-0.15, -0.1) is 11.8 Å². The molecule has 3 nitrogen and oxygen atoms in total. The predicted octanol–water partition coefficient (Wildman–Crippen LogP) is 2.40. The molecule has 4 heteroatoms. The summed E-state index contributed by atoms with van der Waals surface area (Å²) in [6.07, 6.45) is 2.48. The van der Waals surface area contributed by atoms with E-state index in [2.05, 4.69) is 12.1 Å². The molecule has 0 aromatic heterocycles. The second-order valence-corrected chi connectivity index (χ2v) is 6.11. The first kappa shape index (κ1) is 14.4. The van der Waals surface area contributed by atoms with Gasteiger partial charge in [0.1, 0.15) is 0 Å². The largest absolute Gasteiger partial charge is 0.396 e. The first-order valence-corrected chi connectivity index (χ1v) is 7.84. The average molecular weight is 279 g/mol. The van der Waals surface area contributed by atoms with Gasteiger partial charge in [-0.3, -0.25) is 4.79 Å². The molecule has 1 aliphatic rings. The fourth-order valence-electron chi connectivity index (χ4n) is 2.30. The maximum absolute atomic E-state index is 12.0. The summed E-state index contributed by atoms with van der Waals surface area (Å²) in [5.41, 5.74) is 0. The number of aliphatic hydroxyl groups is 1. The van der Waals surface area contributed by atoms with E-state index in [1.54, 1.807) is 11.8 Å². The number of carbonyl (C=O) groups excluding carboxylic acids is 1. The van der Waals surface area contributed by atoms with Crippen LogP contribution in [0.2, 0.25) is 0 Å². The Morgan fingerprint density at radius 2 is 2.16 bits per heavy atom. The Hall–Kier alpha value is -1.00. The van der Waals surface area contributed by atoms with Gasteiger partial charge in [-0.05, 0) is 30.7 Å². The molecule has 2 rings (SSSR count). The molecule has 1 unspecified atom stereocenters. The van der Waals surface area contributed by atoms with Crippen molar-refractivity contribution in [3.05, 3.63) is 30.3 Å². The molecule has 0 spiro atoms. The molecule has 1 aliphatic heterocycles. The molecule has 0 bridgehead atoms. The molecule has 1 fully saturated rings. The lowest BCUT2D eigenvalue weighted by Gasteiger charge is -2.15. The van der Waals surface area contributed by atoms with E-state index in [1.807, 2.05) is 23.1 Å². The highest BCUT2D eigenvalue weighted by Gasteiger charge is 2.24. The van der Waals surface area contributed by atoms with Gasteiger partial charge in [0.25, 0.3) is 0 Å². The average Bonchev–Trinajstić information content (AvgIpc) is 2.93. The SMILES string of the molecule is O=C(CCCSc1ccccc1)N1CCC(CO)C1. The molecule has 1 atom stereocenters. The molecule has 0 radical (unpaired) electrons. The van der Waals surface area contributed by atoms with E-state index in [9.17, 15) is 4.79 Å². The summed E-state index contributed by atoms with van der Waals surface area (Å²) in [5, 5.41) is 9.06. The maximum atomic E-state index is 12.0. The van der Waals surface area contributed by atoms with Crippen molar-refractivity contribution in [1.82, 2.24) is 4.90 Å². The van der Waals surface area contributed by atoms with Crippen molar-refractivity contribution in [1.29, 1.82) is 0 Å². The highest BCUT2D eigenvalue weighted by molar-refractivity contribution is 7.99. The minimum atomic E-state index is 0.202. The molecular formula is C15H21NO2S. The summed E-state index contributed by atoms with van der Waals surface area (Å²) in [5.74, 6) is 1.51. The number of carbonyl (C=O) groups is 1. The maximum Gasteiger partial charge on any atom is 0.222 e. The zero-order valence-electron chi connectivity index (χ0n) is 11.1. The van der Waals surface area contributed by atoms with Crippen LogP contribution in [0.4, 0.5) is 0 Å². The van der Waals surface area contributed by atoms with Crippen LogP contribution in [-0.4, -0.2) is 41.4 Å². The summed E-state index contributed by atoms with van der Waals surface area (Å²) in [6, 6.07) is 10.3. The van der Waals surface area contributed by atoms with Crippen LogP contribution in [0.3, 0.4) is 0 Å². The van der Waals surface area contributed by atoms with Crippen molar-refractivity contribution in [3.8, 4) is 0 Å². The number of nitrogens with zero attached hydrogens (tertiary/aromatic N) is 1. The van der Waals surface area contributed by atoms with Gasteiger partial charge in [-0.1, -0.05) is 18.2 Å². The summed E-state index contributed by atoms with van der Waals surface area (Å²) in [6.45, 7) is 1.75. The third-order valence-electron chi connectivity index (χ3n) is 3.44. The van der Waals surface area contributed by atoms with Crippen molar-refractivity contribution in [3.63, 3.8) is 0 Å². The molecule has 19 heavy (non-hydrogen) atoms. The van der Waals surface area contributed by atoms with Gasteiger partial charge >= 0.3 is 0 Å². The fraction of sp³-hybridized carbons (Fsp3) is 0.533. The normalized spacial score (nSPS) is 18.8. The van der Waals surface area contributed by atoms with Crippen LogP contribution in [0.5, 0.6) is 0 Å². The van der Waals surface area contributed by atoms with Gasteiger partial charge in [0.2, 0.25) is 5.91 Å². The van der Waals surface area contributed by atoms with E-state index in [-0.39, 0.29) is 12.5 Å². The lowest BCUT2D eigenvalue weighted by molar-refractivity contribution is -0.130. The number of hydrogen-bond donors (Lipinski definition) is 1. The molecule has 1 saturated heterocycles. The van der Waals surface area contributed by atoms with Crippen molar-refractivity contribution in [2.24, 2.45) is 5.92 Å². The van der Waals surface area contributed by atoms with Crippen molar-refractivity contribution < 1.29 is 9.90 Å². The molecule has 1 amide bonds. The first-order chi connectivity index (χ1) is 9.29. The Morgan fingerprint density at radius 1 is 1.37 bits per heavy atom. The first-order valence-electron chi connectivity index (χ1n) is 6.86. The second-order valence-electron chi connectivity index (χ2n) is 4.94. The lowest BCUT2D eigenvalue weighted by atomic mass is 10.1. The third-order valence-corrected chi connectivity index (χ3v) is 4.54. The molecule has 1 aromatic carbocycles. The Kier molecular flexibility index (Phi) is 5.73. The van der Waals surface area contributed by atoms with Crippen LogP contribution < -0.4 is 0 Å². The molecular weight excluding hydrogens is 258 g/mol. The van der Waals surface area contributed by atoms with E-state index < -0.39 is 0 Å². The number of likely N-dealkylation sites (tertiary alicyclic amines) is 1. The minimum absolute atomic E-state index is 0.202. The quantitative estimate of drug-likeness (QED) is 0.642. The van der Waals surface area contributed by atoms with Crippen LogP contribution >= 0.6 is 11.8 Å². The van der Waals surface area contributed by atoms with Crippen molar-refractivity contribution in [2.75, 3.05) is 25.4 Å². The second kappa shape index (κ2) is 7.56. The lowest BCUT2D eigenvalue weighted by Crippen LogP contribution is -2.28. The number of thioether (sulfide) groups is 1. The topological polar surface area (TPSA) is 40.5 Å². The number of amides is 1. The van der Waals surface area contributed by atoms with Crippen molar-refractivity contribution in [2.45, 2.75) is 24.2 Å².